The van der Waals surface area contributed by atoms with Crippen molar-refractivity contribution in [3.8, 4) is 0 Å². The van der Waals surface area contributed by atoms with Crippen LogP contribution in [0, 0.1) is 6.92 Å². The molecular formula is C13H21N. The highest BCUT2D eigenvalue weighted by atomic mass is 14.7. The normalized spacial score (nSPS) is 16.9. The van der Waals surface area contributed by atoms with Crippen molar-refractivity contribution in [2.75, 3.05) is 6.54 Å². The Morgan fingerprint density at radius 3 is 2.00 bits per heavy atom. The predicted molar refractivity (Wildman–Crippen MR) is 62.5 cm³/mol. The van der Waals surface area contributed by atoms with E-state index in [-0.39, 0.29) is 0 Å². The van der Waals surface area contributed by atoms with Crippen molar-refractivity contribution in [2.45, 2.75) is 39.0 Å². The van der Waals surface area contributed by atoms with Crippen LogP contribution in [0.1, 0.15) is 37.8 Å². The molecule has 0 saturated heterocycles. The van der Waals surface area contributed by atoms with E-state index in [4.69, 9.17) is 5.73 Å². The number of aryl methyl sites for hydroxylation is 1. The van der Waals surface area contributed by atoms with Crippen LogP contribution in [0.25, 0.3) is 0 Å². The number of rotatable bonds is 2. The van der Waals surface area contributed by atoms with Gasteiger partial charge in [-0.15, -0.1) is 0 Å². The molecule has 0 aliphatic heterocycles. The van der Waals surface area contributed by atoms with Crippen molar-refractivity contribution >= 4 is 0 Å². The summed E-state index contributed by atoms with van der Waals surface area (Å²) in [4.78, 5) is 0. The van der Waals surface area contributed by atoms with Gasteiger partial charge in [0.2, 0.25) is 0 Å². The Labute approximate surface area is 87.3 Å². The highest BCUT2D eigenvalue weighted by Gasteiger charge is 2.42. The second kappa shape index (κ2) is 4.61. The molecule has 2 N–H and O–H groups in total. The lowest BCUT2D eigenvalue weighted by Crippen LogP contribution is -2.19. The molecule has 1 fully saturated rings. The third-order valence-electron chi connectivity index (χ3n) is 2.91. The Bertz CT molecular complexity index is 270. The van der Waals surface area contributed by atoms with E-state index < -0.39 is 0 Å². The standard InChI is InChI=1S/C11H15N.C2H6/c1-9-2-4-10(5-3-9)11(8-12)6-7-11;1-2/h2-5H,6-8,12H2,1H3;1-2H3. The van der Waals surface area contributed by atoms with Gasteiger partial charge in [-0.3, -0.25) is 0 Å². The van der Waals surface area contributed by atoms with Crippen LogP contribution >= 0.6 is 0 Å². The number of hydrogen-bond donors (Lipinski definition) is 1. The summed E-state index contributed by atoms with van der Waals surface area (Å²) in [7, 11) is 0. The van der Waals surface area contributed by atoms with Crippen LogP contribution in [0.3, 0.4) is 0 Å². The molecule has 14 heavy (non-hydrogen) atoms. The van der Waals surface area contributed by atoms with Crippen molar-refractivity contribution < 1.29 is 0 Å². The summed E-state index contributed by atoms with van der Waals surface area (Å²) < 4.78 is 0. The van der Waals surface area contributed by atoms with Gasteiger partial charge in [0, 0.05) is 12.0 Å². The maximum atomic E-state index is 5.74. The molecule has 0 unspecified atom stereocenters. The Morgan fingerprint density at radius 2 is 1.64 bits per heavy atom. The maximum Gasteiger partial charge on any atom is 0.00762 e. The minimum Gasteiger partial charge on any atom is -0.330 e. The fourth-order valence-electron chi connectivity index (χ4n) is 1.67. The molecule has 1 saturated carbocycles. The van der Waals surface area contributed by atoms with E-state index in [9.17, 15) is 0 Å². The quantitative estimate of drug-likeness (QED) is 0.764. The molecule has 1 nitrogen and oxygen atoms in total. The molecule has 1 aliphatic rings. The number of benzene rings is 1. The molecule has 1 aromatic carbocycles. The second-order valence-electron chi connectivity index (χ2n) is 3.85. The fourth-order valence-corrected chi connectivity index (χ4v) is 1.67. The Hall–Kier alpha value is -0.820. The zero-order chi connectivity index (χ0) is 10.6. The van der Waals surface area contributed by atoms with Crippen LogP contribution in [0.15, 0.2) is 24.3 Å². The Morgan fingerprint density at radius 1 is 1.14 bits per heavy atom. The topological polar surface area (TPSA) is 26.0 Å². The van der Waals surface area contributed by atoms with Crippen molar-refractivity contribution in [3.05, 3.63) is 35.4 Å². The van der Waals surface area contributed by atoms with Gasteiger partial charge in [-0.25, -0.2) is 0 Å². The Balaban J connectivity index is 0.000000461. The van der Waals surface area contributed by atoms with E-state index in [1.807, 2.05) is 13.8 Å². The molecule has 0 aromatic heterocycles. The lowest BCUT2D eigenvalue weighted by molar-refractivity contribution is 0.704. The molecule has 0 spiro atoms. The van der Waals surface area contributed by atoms with Gasteiger partial charge in [-0.1, -0.05) is 43.7 Å². The first-order valence-corrected chi connectivity index (χ1v) is 5.54. The molecule has 1 aliphatic carbocycles. The summed E-state index contributed by atoms with van der Waals surface area (Å²) in [5.74, 6) is 0. The van der Waals surface area contributed by atoms with E-state index in [1.54, 1.807) is 0 Å². The first-order valence-electron chi connectivity index (χ1n) is 5.54. The van der Waals surface area contributed by atoms with Crippen LogP contribution < -0.4 is 5.73 Å². The van der Waals surface area contributed by atoms with E-state index >= 15 is 0 Å². The largest absolute Gasteiger partial charge is 0.330 e. The summed E-state index contributed by atoms with van der Waals surface area (Å²) in [6, 6.07) is 8.78. The summed E-state index contributed by atoms with van der Waals surface area (Å²) >= 11 is 0. The highest BCUT2D eigenvalue weighted by molar-refractivity contribution is 5.33. The molecule has 0 atom stereocenters. The monoisotopic (exact) mass is 191 g/mol. The van der Waals surface area contributed by atoms with Crippen LogP contribution in [0.5, 0.6) is 0 Å². The molecular weight excluding hydrogens is 170 g/mol. The smallest absolute Gasteiger partial charge is 0.00762 e. The van der Waals surface area contributed by atoms with Gasteiger partial charge in [0.1, 0.15) is 0 Å². The molecule has 78 valence electrons. The van der Waals surface area contributed by atoms with E-state index in [0.29, 0.717) is 5.41 Å². The van der Waals surface area contributed by atoms with Gasteiger partial charge in [-0.2, -0.15) is 0 Å². The lowest BCUT2D eigenvalue weighted by atomic mass is 9.95. The molecule has 2 rings (SSSR count). The minimum absolute atomic E-state index is 0.355. The first-order chi connectivity index (χ1) is 6.77. The Kier molecular flexibility index (Phi) is 3.70. The molecule has 1 aromatic rings. The predicted octanol–water partition coefficient (Wildman–Crippen LogP) is 3.01. The average molecular weight is 191 g/mol. The molecule has 0 amide bonds. The van der Waals surface area contributed by atoms with Crippen molar-refractivity contribution in [2.24, 2.45) is 5.73 Å². The fraction of sp³-hybridized carbons (Fsp3) is 0.538. The summed E-state index contributed by atoms with van der Waals surface area (Å²) in [5.41, 5.74) is 8.85. The van der Waals surface area contributed by atoms with E-state index in [2.05, 4.69) is 31.2 Å². The molecule has 1 heteroatoms. The second-order valence-corrected chi connectivity index (χ2v) is 3.85. The number of hydrogen-bond acceptors (Lipinski definition) is 1. The molecule has 0 radical (unpaired) electrons. The highest BCUT2D eigenvalue weighted by Crippen LogP contribution is 2.46. The van der Waals surface area contributed by atoms with Crippen molar-refractivity contribution in [1.29, 1.82) is 0 Å². The summed E-state index contributed by atoms with van der Waals surface area (Å²) in [6.07, 6.45) is 2.54. The van der Waals surface area contributed by atoms with Crippen molar-refractivity contribution in [3.63, 3.8) is 0 Å². The van der Waals surface area contributed by atoms with Gasteiger partial charge >= 0.3 is 0 Å². The van der Waals surface area contributed by atoms with E-state index in [1.165, 1.54) is 24.0 Å². The number of nitrogens with two attached hydrogens (primary N) is 1. The van der Waals surface area contributed by atoms with Gasteiger partial charge < -0.3 is 5.73 Å². The van der Waals surface area contributed by atoms with Crippen LogP contribution in [-0.2, 0) is 5.41 Å². The summed E-state index contributed by atoms with van der Waals surface area (Å²) in [5, 5.41) is 0. The summed E-state index contributed by atoms with van der Waals surface area (Å²) in [6.45, 7) is 6.92. The zero-order valence-corrected chi connectivity index (χ0v) is 9.51. The molecule has 0 heterocycles. The van der Waals surface area contributed by atoms with Gasteiger partial charge in [0.05, 0.1) is 0 Å². The third kappa shape index (κ3) is 2.16. The van der Waals surface area contributed by atoms with Crippen molar-refractivity contribution in [1.82, 2.24) is 0 Å². The SMILES string of the molecule is CC.Cc1ccc(C2(CN)CC2)cc1. The van der Waals surface area contributed by atoms with E-state index in [0.717, 1.165) is 6.54 Å². The third-order valence-corrected chi connectivity index (χ3v) is 2.91. The van der Waals surface area contributed by atoms with Gasteiger partial charge in [0.15, 0.2) is 0 Å². The van der Waals surface area contributed by atoms with Crippen LogP contribution in [0.4, 0.5) is 0 Å². The lowest BCUT2D eigenvalue weighted by Gasteiger charge is -2.12. The van der Waals surface area contributed by atoms with Crippen LogP contribution in [-0.4, -0.2) is 6.54 Å². The maximum absolute atomic E-state index is 5.74. The zero-order valence-electron chi connectivity index (χ0n) is 9.51. The minimum atomic E-state index is 0.355. The average Bonchev–Trinajstić information content (AvgIpc) is 3.03. The van der Waals surface area contributed by atoms with Crippen LogP contribution in [0.2, 0.25) is 0 Å². The van der Waals surface area contributed by atoms with Gasteiger partial charge in [-0.05, 0) is 25.3 Å². The first kappa shape index (κ1) is 11.3. The van der Waals surface area contributed by atoms with Gasteiger partial charge in [0.25, 0.3) is 0 Å². The molecule has 0 bridgehead atoms.